The molecule has 0 aliphatic heterocycles. The molecule has 0 fully saturated rings. The number of hydrogen-bond donors (Lipinski definition) is 0. The number of carbonyl (C=O) groups is 2. The molecule has 0 heterocycles. The van der Waals surface area contributed by atoms with Crippen molar-refractivity contribution in [2.75, 3.05) is 6.79 Å². The van der Waals surface area contributed by atoms with Gasteiger partial charge in [-0.05, 0) is 12.1 Å². The molecule has 68 valence electrons. The molecule has 0 bridgehead atoms. The van der Waals surface area contributed by atoms with Gasteiger partial charge in [0, 0.05) is 0 Å². The highest BCUT2D eigenvalue weighted by atomic mass is 16.7. The summed E-state index contributed by atoms with van der Waals surface area (Å²) in [5, 5.41) is 0. The smallest absolute Gasteiger partial charge is 0.295 e. The summed E-state index contributed by atoms with van der Waals surface area (Å²) in [5.74, 6) is 0.402. The Balaban J connectivity index is 2.63. The Morgan fingerprint density at radius 2 is 2.00 bits per heavy atom. The topological polar surface area (TPSA) is 52.6 Å². The van der Waals surface area contributed by atoms with Crippen LogP contribution in [0.5, 0.6) is 5.75 Å². The first kappa shape index (κ1) is 9.25. The standard InChI is InChI=1S/C9H8O4/c10-5-8-3-1-2-4-9(8)13-7-12-6-11/h1-6H,7H2. The van der Waals surface area contributed by atoms with Gasteiger partial charge in [0.25, 0.3) is 6.47 Å². The van der Waals surface area contributed by atoms with E-state index in [1.807, 2.05) is 0 Å². The fraction of sp³-hybridized carbons (Fsp3) is 0.111. The van der Waals surface area contributed by atoms with Crippen LogP contribution in [-0.4, -0.2) is 19.6 Å². The molecule has 13 heavy (non-hydrogen) atoms. The molecule has 0 spiro atoms. The van der Waals surface area contributed by atoms with Crippen molar-refractivity contribution in [2.24, 2.45) is 0 Å². The van der Waals surface area contributed by atoms with Gasteiger partial charge in [0.1, 0.15) is 5.75 Å². The fourth-order valence-corrected chi connectivity index (χ4v) is 0.835. The maximum Gasteiger partial charge on any atom is 0.295 e. The van der Waals surface area contributed by atoms with Gasteiger partial charge in [-0.3, -0.25) is 9.59 Å². The molecule has 0 amide bonds. The van der Waals surface area contributed by atoms with E-state index in [2.05, 4.69) is 4.74 Å². The van der Waals surface area contributed by atoms with Crippen LogP contribution in [0.15, 0.2) is 24.3 Å². The van der Waals surface area contributed by atoms with E-state index in [9.17, 15) is 9.59 Å². The Morgan fingerprint density at radius 1 is 1.23 bits per heavy atom. The lowest BCUT2D eigenvalue weighted by Gasteiger charge is -2.05. The minimum atomic E-state index is -0.186. The molecule has 4 heteroatoms. The summed E-state index contributed by atoms with van der Waals surface area (Å²) in [6, 6.07) is 6.68. The highest BCUT2D eigenvalue weighted by Crippen LogP contribution is 2.14. The van der Waals surface area contributed by atoms with Crippen LogP contribution in [0.3, 0.4) is 0 Å². The van der Waals surface area contributed by atoms with E-state index < -0.39 is 0 Å². The van der Waals surface area contributed by atoms with Gasteiger partial charge in [-0.2, -0.15) is 0 Å². The van der Waals surface area contributed by atoms with Gasteiger partial charge in [-0.1, -0.05) is 12.1 Å². The molecule has 0 saturated heterocycles. The number of rotatable bonds is 5. The predicted octanol–water partition coefficient (Wildman–Crippen LogP) is 1.01. The van der Waals surface area contributed by atoms with E-state index >= 15 is 0 Å². The maximum absolute atomic E-state index is 10.5. The Hall–Kier alpha value is -1.84. The largest absolute Gasteiger partial charge is 0.457 e. The molecule has 0 unspecified atom stereocenters. The minimum absolute atomic E-state index is 0.186. The summed E-state index contributed by atoms with van der Waals surface area (Å²) < 4.78 is 9.30. The quantitative estimate of drug-likeness (QED) is 0.385. The molecule has 0 N–H and O–H groups in total. The summed E-state index contributed by atoms with van der Waals surface area (Å²) >= 11 is 0. The Morgan fingerprint density at radius 3 is 2.69 bits per heavy atom. The predicted molar refractivity (Wildman–Crippen MR) is 44.5 cm³/mol. The minimum Gasteiger partial charge on any atom is -0.457 e. The normalized spacial score (nSPS) is 8.92. The maximum atomic E-state index is 10.5. The van der Waals surface area contributed by atoms with E-state index in [4.69, 9.17) is 4.74 Å². The third kappa shape index (κ3) is 2.59. The molecule has 1 aromatic rings. The summed E-state index contributed by atoms with van der Waals surface area (Å²) in [5.41, 5.74) is 0.428. The molecule has 1 rings (SSSR count). The van der Waals surface area contributed by atoms with Gasteiger partial charge >= 0.3 is 0 Å². The van der Waals surface area contributed by atoms with E-state index in [0.717, 1.165) is 0 Å². The number of hydrogen-bond acceptors (Lipinski definition) is 4. The molecular weight excluding hydrogens is 172 g/mol. The second-order valence-corrected chi connectivity index (χ2v) is 2.18. The van der Waals surface area contributed by atoms with Crippen molar-refractivity contribution in [3.63, 3.8) is 0 Å². The lowest BCUT2D eigenvalue weighted by molar-refractivity contribution is -0.134. The number of aldehydes is 1. The van der Waals surface area contributed by atoms with E-state index in [-0.39, 0.29) is 13.3 Å². The lowest BCUT2D eigenvalue weighted by Crippen LogP contribution is -2.02. The van der Waals surface area contributed by atoms with Crippen LogP contribution in [0, 0.1) is 0 Å². The lowest BCUT2D eigenvalue weighted by atomic mass is 10.2. The number of para-hydroxylation sites is 1. The van der Waals surface area contributed by atoms with Gasteiger partial charge in [0.15, 0.2) is 6.29 Å². The van der Waals surface area contributed by atoms with E-state index in [1.165, 1.54) is 0 Å². The molecule has 4 nitrogen and oxygen atoms in total. The SMILES string of the molecule is O=COCOc1ccccc1C=O. The van der Waals surface area contributed by atoms with Gasteiger partial charge in [0.05, 0.1) is 5.56 Å². The van der Waals surface area contributed by atoms with Crippen LogP contribution < -0.4 is 4.74 Å². The number of benzene rings is 1. The van der Waals surface area contributed by atoms with Crippen molar-refractivity contribution >= 4 is 12.8 Å². The molecular formula is C9H8O4. The first-order valence-electron chi connectivity index (χ1n) is 3.60. The molecule has 0 radical (unpaired) electrons. The molecule has 0 aliphatic carbocycles. The summed E-state index contributed by atoms with van der Waals surface area (Å²) in [6.45, 7) is 0.0951. The van der Waals surface area contributed by atoms with Crippen molar-refractivity contribution < 1.29 is 19.1 Å². The summed E-state index contributed by atoms with van der Waals surface area (Å²) in [4.78, 5) is 20.2. The monoisotopic (exact) mass is 180 g/mol. The first-order chi connectivity index (χ1) is 6.38. The van der Waals surface area contributed by atoms with Crippen LogP contribution in [0.1, 0.15) is 10.4 Å². The number of ether oxygens (including phenoxy) is 2. The van der Waals surface area contributed by atoms with Crippen molar-refractivity contribution in [1.29, 1.82) is 0 Å². The van der Waals surface area contributed by atoms with Gasteiger partial charge in [0.2, 0.25) is 6.79 Å². The molecule has 0 aliphatic rings. The zero-order valence-electron chi connectivity index (χ0n) is 6.80. The highest BCUT2D eigenvalue weighted by molar-refractivity contribution is 5.79. The Labute approximate surface area is 75.1 Å². The third-order valence-corrected chi connectivity index (χ3v) is 1.40. The fourth-order valence-electron chi connectivity index (χ4n) is 0.835. The molecule has 0 saturated carbocycles. The first-order valence-corrected chi connectivity index (χ1v) is 3.60. The van der Waals surface area contributed by atoms with E-state index in [0.29, 0.717) is 17.6 Å². The zero-order valence-corrected chi connectivity index (χ0v) is 6.80. The second-order valence-electron chi connectivity index (χ2n) is 2.18. The second kappa shape index (κ2) is 4.92. The van der Waals surface area contributed by atoms with Crippen LogP contribution >= 0.6 is 0 Å². The Kier molecular flexibility index (Phi) is 3.50. The van der Waals surface area contributed by atoms with Crippen LogP contribution in [0.4, 0.5) is 0 Å². The van der Waals surface area contributed by atoms with Crippen LogP contribution in [-0.2, 0) is 9.53 Å². The molecule has 0 aromatic heterocycles. The summed E-state index contributed by atoms with van der Waals surface area (Å²) in [7, 11) is 0. The van der Waals surface area contributed by atoms with Crippen LogP contribution in [0.25, 0.3) is 0 Å². The molecule has 1 aromatic carbocycles. The average Bonchev–Trinajstić information content (AvgIpc) is 2.19. The third-order valence-electron chi connectivity index (χ3n) is 1.40. The van der Waals surface area contributed by atoms with Gasteiger partial charge in [-0.25, -0.2) is 0 Å². The van der Waals surface area contributed by atoms with Crippen molar-refractivity contribution in [3.8, 4) is 5.75 Å². The highest BCUT2D eigenvalue weighted by Gasteiger charge is 1.99. The molecule has 0 atom stereocenters. The summed E-state index contributed by atoms with van der Waals surface area (Å²) in [6.07, 6.45) is 0.677. The van der Waals surface area contributed by atoms with E-state index in [1.54, 1.807) is 24.3 Å². The van der Waals surface area contributed by atoms with Gasteiger partial charge in [-0.15, -0.1) is 0 Å². The Bertz CT molecular complexity index is 295. The number of carbonyl (C=O) groups excluding carboxylic acids is 2. The van der Waals surface area contributed by atoms with Crippen molar-refractivity contribution in [2.45, 2.75) is 0 Å². The average molecular weight is 180 g/mol. The zero-order chi connectivity index (χ0) is 9.52. The van der Waals surface area contributed by atoms with Crippen molar-refractivity contribution in [1.82, 2.24) is 0 Å². The van der Waals surface area contributed by atoms with Gasteiger partial charge < -0.3 is 9.47 Å². The van der Waals surface area contributed by atoms with Crippen LogP contribution in [0.2, 0.25) is 0 Å². The van der Waals surface area contributed by atoms with Crippen molar-refractivity contribution in [3.05, 3.63) is 29.8 Å².